The standard InChI is InChI=1S/C17H27N3O/c1-13(2)16(20-15-6-4-3-5-7-15)12-19-17(21)14-8-10-18-11-9-14/h3-7,13-14,16,18,20H,8-12H2,1-2H3,(H,19,21). The van der Waals surface area contributed by atoms with Gasteiger partial charge in [-0.3, -0.25) is 4.79 Å². The van der Waals surface area contributed by atoms with Crippen molar-refractivity contribution in [2.45, 2.75) is 32.7 Å². The third-order valence-electron chi connectivity index (χ3n) is 4.14. The maximum Gasteiger partial charge on any atom is 0.223 e. The Morgan fingerprint density at radius 1 is 1.24 bits per heavy atom. The molecule has 4 nitrogen and oxygen atoms in total. The van der Waals surface area contributed by atoms with E-state index in [2.05, 4.69) is 41.9 Å². The SMILES string of the molecule is CC(C)C(CNC(=O)C1CCNCC1)Nc1ccccc1. The van der Waals surface area contributed by atoms with E-state index in [4.69, 9.17) is 0 Å². The topological polar surface area (TPSA) is 53.2 Å². The minimum atomic E-state index is 0.177. The van der Waals surface area contributed by atoms with Gasteiger partial charge in [-0.1, -0.05) is 32.0 Å². The molecular weight excluding hydrogens is 262 g/mol. The predicted octanol–water partition coefficient (Wildman–Crippen LogP) is 2.24. The van der Waals surface area contributed by atoms with E-state index in [0.29, 0.717) is 12.5 Å². The van der Waals surface area contributed by atoms with Crippen LogP contribution in [0.1, 0.15) is 26.7 Å². The summed E-state index contributed by atoms with van der Waals surface area (Å²) in [4.78, 5) is 12.2. The van der Waals surface area contributed by atoms with Crippen LogP contribution in [-0.2, 0) is 4.79 Å². The first-order chi connectivity index (χ1) is 10.2. The van der Waals surface area contributed by atoms with Crippen molar-refractivity contribution in [3.63, 3.8) is 0 Å². The van der Waals surface area contributed by atoms with Crippen LogP contribution in [0.2, 0.25) is 0 Å². The van der Waals surface area contributed by atoms with Crippen molar-refractivity contribution in [1.82, 2.24) is 10.6 Å². The van der Waals surface area contributed by atoms with Gasteiger partial charge in [-0.25, -0.2) is 0 Å². The molecule has 1 unspecified atom stereocenters. The molecule has 0 aromatic heterocycles. The zero-order chi connectivity index (χ0) is 15.1. The maximum atomic E-state index is 12.2. The Balaban J connectivity index is 1.83. The van der Waals surface area contributed by atoms with E-state index >= 15 is 0 Å². The lowest BCUT2D eigenvalue weighted by molar-refractivity contribution is -0.125. The first-order valence-corrected chi connectivity index (χ1v) is 7.97. The smallest absolute Gasteiger partial charge is 0.223 e. The Labute approximate surface area is 127 Å². The molecule has 3 N–H and O–H groups in total. The molecule has 1 aromatic carbocycles. The molecule has 1 aromatic rings. The Kier molecular flexibility index (Phi) is 6.05. The maximum absolute atomic E-state index is 12.2. The van der Waals surface area contributed by atoms with E-state index in [1.54, 1.807) is 0 Å². The Morgan fingerprint density at radius 2 is 1.90 bits per heavy atom. The number of carbonyl (C=O) groups excluding carboxylic acids is 1. The van der Waals surface area contributed by atoms with Crippen LogP contribution < -0.4 is 16.0 Å². The summed E-state index contributed by atoms with van der Waals surface area (Å²) in [6, 6.07) is 10.4. The van der Waals surface area contributed by atoms with Crippen LogP contribution in [0, 0.1) is 11.8 Å². The summed E-state index contributed by atoms with van der Waals surface area (Å²) in [5.74, 6) is 0.839. The normalized spacial score (nSPS) is 17.5. The van der Waals surface area contributed by atoms with Crippen molar-refractivity contribution >= 4 is 11.6 Å². The van der Waals surface area contributed by atoms with Gasteiger partial charge in [-0.15, -0.1) is 0 Å². The van der Waals surface area contributed by atoms with Crippen LogP contribution in [0.3, 0.4) is 0 Å². The Morgan fingerprint density at radius 3 is 2.52 bits per heavy atom. The molecule has 21 heavy (non-hydrogen) atoms. The summed E-state index contributed by atoms with van der Waals surface area (Å²) in [7, 11) is 0. The third kappa shape index (κ3) is 5.05. The molecule has 1 amide bonds. The Bertz CT molecular complexity index is 427. The molecule has 1 saturated heterocycles. The molecule has 0 spiro atoms. The van der Waals surface area contributed by atoms with Gasteiger partial charge in [-0.05, 0) is 44.0 Å². The minimum absolute atomic E-state index is 0.177. The second-order valence-electron chi connectivity index (χ2n) is 6.13. The van der Waals surface area contributed by atoms with Gasteiger partial charge in [0.2, 0.25) is 5.91 Å². The van der Waals surface area contributed by atoms with Crippen molar-refractivity contribution < 1.29 is 4.79 Å². The number of nitrogens with one attached hydrogen (secondary N) is 3. The average molecular weight is 289 g/mol. The van der Waals surface area contributed by atoms with E-state index in [1.807, 2.05) is 18.2 Å². The number of para-hydroxylation sites is 1. The lowest BCUT2D eigenvalue weighted by Crippen LogP contribution is -2.44. The van der Waals surface area contributed by atoms with Gasteiger partial charge in [-0.2, -0.15) is 0 Å². The number of hydrogen-bond donors (Lipinski definition) is 3. The van der Waals surface area contributed by atoms with Gasteiger partial charge in [0, 0.05) is 24.2 Å². The van der Waals surface area contributed by atoms with Gasteiger partial charge < -0.3 is 16.0 Å². The van der Waals surface area contributed by atoms with E-state index in [9.17, 15) is 4.79 Å². The van der Waals surface area contributed by atoms with Crippen LogP contribution in [-0.4, -0.2) is 31.6 Å². The minimum Gasteiger partial charge on any atom is -0.380 e. The van der Waals surface area contributed by atoms with Gasteiger partial charge >= 0.3 is 0 Å². The van der Waals surface area contributed by atoms with Crippen LogP contribution in [0.5, 0.6) is 0 Å². The van der Waals surface area contributed by atoms with Crippen molar-refractivity contribution in [2.75, 3.05) is 25.0 Å². The third-order valence-corrected chi connectivity index (χ3v) is 4.14. The molecule has 0 saturated carbocycles. The summed E-state index contributed by atoms with van der Waals surface area (Å²) in [6.45, 7) is 6.94. The molecule has 1 heterocycles. The largest absolute Gasteiger partial charge is 0.380 e. The lowest BCUT2D eigenvalue weighted by atomic mass is 9.96. The van der Waals surface area contributed by atoms with E-state index in [0.717, 1.165) is 31.6 Å². The molecule has 0 aliphatic carbocycles. The van der Waals surface area contributed by atoms with Gasteiger partial charge in [0.15, 0.2) is 0 Å². The second-order valence-corrected chi connectivity index (χ2v) is 6.13. The number of amides is 1. The number of benzene rings is 1. The van der Waals surface area contributed by atoms with E-state index in [1.165, 1.54) is 0 Å². The number of hydrogen-bond acceptors (Lipinski definition) is 3. The van der Waals surface area contributed by atoms with Gasteiger partial charge in [0.05, 0.1) is 0 Å². The van der Waals surface area contributed by atoms with E-state index in [-0.39, 0.29) is 17.9 Å². The zero-order valence-electron chi connectivity index (χ0n) is 13.1. The van der Waals surface area contributed by atoms with Crippen molar-refractivity contribution in [3.8, 4) is 0 Å². The predicted molar refractivity (Wildman–Crippen MR) is 87.3 cm³/mol. The summed E-state index contributed by atoms with van der Waals surface area (Å²) < 4.78 is 0. The van der Waals surface area contributed by atoms with E-state index < -0.39 is 0 Å². The molecule has 0 bridgehead atoms. The monoisotopic (exact) mass is 289 g/mol. The highest BCUT2D eigenvalue weighted by Gasteiger charge is 2.22. The molecule has 1 atom stereocenters. The summed E-state index contributed by atoms with van der Waals surface area (Å²) >= 11 is 0. The highest BCUT2D eigenvalue weighted by molar-refractivity contribution is 5.78. The van der Waals surface area contributed by atoms with Crippen LogP contribution in [0.15, 0.2) is 30.3 Å². The fourth-order valence-corrected chi connectivity index (χ4v) is 2.64. The Hall–Kier alpha value is -1.55. The number of carbonyl (C=O) groups is 1. The first kappa shape index (κ1) is 15.8. The fraction of sp³-hybridized carbons (Fsp3) is 0.588. The molecule has 1 aliphatic heterocycles. The molecule has 1 aliphatic rings. The quantitative estimate of drug-likeness (QED) is 0.753. The van der Waals surface area contributed by atoms with Crippen LogP contribution in [0.4, 0.5) is 5.69 Å². The molecular formula is C17H27N3O. The molecule has 0 radical (unpaired) electrons. The highest BCUT2D eigenvalue weighted by Crippen LogP contribution is 2.14. The number of rotatable bonds is 6. The van der Waals surface area contributed by atoms with Gasteiger partial charge in [0.1, 0.15) is 0 Å². The summed E-state index contributed by atoms with van der Waals surface area (Å²) in [6.07, 6.45) is 1.90. The van der Waals surface area contributed by atoms with Crippen molar-refractivity contribution in [2.24, 2.45) is 11.8 Å². The lowest BCUT2D eigenvalue weighted by Gasteiger charge is -2.26. The average Bonchev–Trinajstić information content (AvgIpc) is 2.52. The summed E-state index contributed by atoms with van der Waals surface area (Å²) in [5, 5.41) is 9.93. The zero-order valence-corrected chi connectivity index (χ0v) is 13.1. The summed E-state index contributed by atoms with van der Waals surface area (Å²) in [5.41, 5.74) is 1.10. The van der Waals surface area contributed by atoms with Gasteiger partial charge in [0.25, 0.3) is 0 Å². The molecule has 116 valence electrons. The van der Waals surface area contributed by atoms with Crippen molar-refractivity contribution in [3.05, 3.63) is 30.3 Å². The molecule has 4 heteroatoms. The van der Waals surface area contributed by atoms with Crippen LogP contribution >= 0.6 is 0 Å². The highest BCUT2D eigenvalue weighted by atomic mass is 16.1. The number of anilines is 1. The second kappa shape index (κ2) is 8.03. The molecule has 2 rings (SSSR count). The fourth-order valence-electron chi connectivity index (χ4n) is 2.64. The molecule has 1 fully saturated rings. The number of piperidine rings is 1. The van der Waals surface area contributed by atoms with Crippen molar-refractivity contribution in [1.29, 1.82) is 0 Å². The first-order valence-electron chi connectivity index (χ1n) is 7.97. The van der Waals surface area contributed by atoms with Crippen LogP contribution in [0.25, 0.3) is 0 Å².